The van der Waals surface area contributed by atoms with Crippen molar-refractivity contribution in [1.29, 1.82) is 0 Å². The Labute approximate surface area is 131 Å². The van der Waals surface area contributed by atoms with Crippen LogP contribution < -0.4 is 10.6 Å². The van der Waals surface area contributed by atoms with Crippen molar-refractivity contribution in [2.24, 2.45) is 0 Å². The maximum atomic E-state index is 12.1. The highest BCUT2D eigenvalue weighted by Crippen LogP contribution is 2.18. The lowest BCUT2D eigenvalue weighted by Crippen LogP contribution is -2.18. The number of nitrogens with one attached hydrogen (secondary N) is 2. The van der Waals surface area contributed by atoms with Crippen LogP contribution in [0.2, 0.25) is 10.2 Å². The van der Waals surface area contributed by atoms with E-state index < -0.39 is 5.91 Å². The minimum Gasteiger partial charge on any atom is -0.355 e. The first-order valence-electron chi connectivity index (χ1n) is 5.97. The molecule has 2 rings (SSSR count). The van der Waals surface area contributed by atoms with Gasteiger partial charge in [-0.15, -0.1) is 0 Å². The molecule has 0 bridgehead atoms. The molecule has 2 amide bonds. The average molecular weight is 324 g/mol. The van der Waals surface area contributed by atoms with E-state index in [4.69, 9.17) is 23.2 Å². The van der Waals surface area contributed by atoms with Crippen LogP contribution in [0.15, 0.2) is 36.4 Å². The minimum absolute atomic E-state index is 0.0412. The van der Waals surface area contributed by atoms with Gasteiger partial charge in [-0.3, -0.25) is 9.59 Å². The molecule has 0 radical (unpaired) electrons. The van der Waals surface area contributed by atoms with Crippen molar-refractivity contribution in [3.63, 3.8) is 0 Å². The molecule has 7 heteroatoms. The first-order valence-corrected chi connectivity index (χ1v) is 6.72. The zero-order valence-corrected chi connectivity index (χ0v) is 12.5. The number of nitrogens with zero attached hydrogens (tertiary/aromatic N) is 1. The Morgan fingerprint density at radius 1 is 1.00 bits per heavy atom. The summed E-state index contributed by atoms with van der Waals surface area (Å²) in [5.41, 5.74) is 1.06. The fourth-order valence-corrected chi connectivity index (χ4v) is 1.96. The molecule has 5 nitrogen and oxygen atoms in total. The number of anilines is 1. The molecule has 1 aromatic heterocycles. The molecular weight excluding hydrogens is 313 g/mol. The molecule has 108 valence electrons. The van der Waals surface area contributed by atoms with E-state index in [1.54, 1.807) is 31.3 Å². The van der Waals surface area contributed by atoms with Crippen LogP contribution in [-0.2, 0) is 0 Å². The van der Waals surface area contributed by atoms with Gasteiger partial charge in [0, 0.05) is 18.3 Å². The lowest BCUT2D eigenvalue weighted by atomic mass is 10.2. The molecule has 2 aromatic rings. The maximum absolute atomic E-state index is 12.1. The normalized spacial score (nSPS) is 10.0. The van der Waals surface area contributed by atoms with Gasteiger partial charge >= 0.3 is 0 Å². The summed E-state index contributed by atoms with van der Waals surface area (Å²) >= 11 is 11.6. The third-order valence-electron chi connectivity index (χ3n) is 2.66. The van der Waals surface area contributed by atoms with Gasteiger partial charge in [0.15, 0.2) is 0 Å². The Balaban J connectivity index is 2.16. The molecule has 0 saturated carbocycles. The van der Waals surface area contributed by atoms with Gasteiger partial charge in [-0.2, -0.15) is 0 Å². The van der Waals surface area contributed by atoms with E-state index in [9.17, 15) is 9.59 Å². The summed E-state index contributed by atoms with van der Waals surface area (Å²) in [6, 6.07) is 9.42. The smallest absolute Gasteiger partial charge is 0.275 e. The molecule has 0 aliphatic rings. The van der Waals surface area contributed by atoms with E-state index in [0.717, 1.165) is 0 Å². The second-order valence-corrected chi connectivity index (χ2v) is 4.87. The van der Waals surface area contributed by atoms with Crippen molar-refractivity contribution in [1.82, 2.24) is 10.3 Å². The molecule has 0 saturated heterocycles. The van der Waals surface area contributed by atoms with Crippen LogP contribution in [-0.4, -0.2) is 23.8 Å². The number of amides is 2. The fraction of sp³-hybridized carbons (Fsp3) is 0.0714. The fourth-order valence-electron chi connectivity index (χ4n) is 1.62. The largest absolute Gasteiger partial charge is 0.355 e. The molecule has 0 aliphatic heterocycles. The summed E-state index contributed by atoms with van der Waals surface area (Å²) in [4.78, 5) is 27.4. The third kappa shape index (κ3) is 3.71. The Bertz CT molecular complexity index is 687. The lowest BCUT2D eigenvalue weighted by Gasteiger charge is -2.07. The maximum Gasteiger partial charge on any atom is 0.275 e. The number of aromatic nitrogens is 1. The van der Waals surface area contributed by atoms with E-state index in [1.807, 2.05) is 0 Å². The van der Waals surface area contributed by atoms with Crippen molar-refractivity contribution in [3.8, 4) is 0 Å². The van der Waals surface area contributed by atoms with E-state index in [-0.39, 0.29) is 21.8 Å². The summed E-state index contributed by atoms with van der Waals surface area (Å²) < 4.78 is 0. The summed E-state index contributed by atoms with van der Waals surface area (Å²) in [7, 11) is 1.55. The molecule has 0 unspecified atom stereocenters. The summed E-state index contributed by atoms with van der Waals surface area (Å²) in [5.74, 6) is -0.678. The van der Waals surface area contributed by atoms with E-state index in [2.05, 4.69) is 15.6 Å². The van der Waals surface area contributed by atoms with Crippen molar-refractivity contribution in [2.45, 2.75) is 0 Å². The van der Waals surface area contributed by atoms with Crippen LogP contribution in [0.3, 0.4) is 0 Å². The van der Waals surface area contributed by atoms with Crippen LogP contribution in [0, 0.1) is 0 Å². The molecule has 1 heterocycles. The van der Waals surface area contributed by atoms with Crippen molar-refractivity contribution in [3.05, 3.63) is 57.8 Å². The van der Waals surface area contributed by atoms with Gasteiger partial charge in [-0.05, 0) is 36.4 Å². The second-order valence-electron chi connectivity index (χ2n) is 4.08. The number of rotatable bonds is 3. The minimum atomic E-state index is -0.477. The Hall–Kier alpha value is -2.11. The van der Waals surface area contributed by atoms with Gasteiger partial charge in [-0.25, -0.2) is 4.98 Å². The highest BCUT2D eigenvalue weighted by molar-refractivity contribution is 6.35. The highest BCUT2D eigenvalue weighted by atomic mass is 35.5. The molecule has 2 N–H and O–H groups in total. The van der Waals surface area contributed by atoms with Crippen LogP contribution >= 0.6 is 23.2 Å². The van der Waals surface area contributed by atoms with Crippen molar-refractivity contribution in [2.75, 3.05) is 12.4 Å². The predicted molar refractivity (Wildman–Crippen MR) is 82.0 cm³/mol. The first kappa shape index (κ1) is 15.3. The number of halogens is 2. The van der Waals surface area contributed by atoms with Gasteiger partial charge in [0.2, 0.25) is 0 Å². The predicted octanol–water partition coefficient (Wildman–Crippen LogP) is 3.00. The van der Waals surface area contributed by atoms with Crippen LogP contribution in [0.25, 0.3) is 0 Å². The number of benzene rings is 1. The molecular formula is C14H11Cl2N3O2. The number of hydrogen-bond donors (Lipinski definition) is 2. The second kappa shape index (κ2) is 6.56. The highest BCUT2D eigenvalue weighted by Gasteiger charge is 2.13. The zero-order valence-electron chi connectivity index (χ0n) is 11.0. The van der Waals surface area contributed by atoms with Crippen molar-refractivity contribution < 1.29 is 9.59 Å². The average Bonchev–Trinajstić information content (AvgIpc) is 2.49. The Morgan fingerprint density at radius 3 is 2.29 bits per heavy atom. The van der Waals surface area contributed by atoms with Gasteiger partial charge in [0.05, 0.1) is 5.02 Å². The number of pyridine rings is 1. The van der Waals surface area contributed by atoms with Gasteiger partial charge in [0.25, 0.3) is 11.8 Å². The van der Waals surface area contributed by atoms with E-state index in [1.165, 1.54) is 12.1 Å². The van der Waals surface area contributed by atoms with Gasteiger partial charge < -0.3 is 10.6 Å². The summed E-state index contributed by atoms with van der Waals surface area (Å²) in [5, 5.41) is 5.53. The quantitative estimate of drug-likeness (QED) is 0.853. The van der Waals surface area contributed by atoms with Gasteiger partial charge in [-0.1, -0.05) is 23.2 Å². The van der Waals surface area contributed by atoms with E-state index >= 15 is 0 Å². The number of carbonyl (C=O) groups is 2. The Kier molecular flexibility index (Phi) is 4.77. The SMILES string of the molecule is CNC(=O)c1ccc(NC(=O)c2nc(Cl)ccc2Cl)cc1. The molecule has 1 aromatic carbocycles. The van der Waals surface area contributed by atoms with Crippen LogP contribution in [0.1, 0.15) is 20.8 Å². The monoisotopic (exact) mass is 323 g/mol. The van der Waals surface area contributed by atoms with Crippen molar-refractivity contribution >= 4 is 40.7 Å². The Morgan fingerprint density at radius 2 is 1.67 bits per heavy atom. The molecule has 0 atom stereocenters. The van der Waals surface area contributed by atoms with Gasteiger partial charge in [0.1, 0.15) is 10.8 Å². The standard InChI is InChI=1S/C14H11Cl2N3O2/c1-17-13(20)8-2-4-9(5-3-8)18-14(21)12-10(15)6-7-11(16)19-12/h2-7H,1H3,(H,17,20)(H,18,21). The summed E-state index contributed by atoms with van der Waals surface area (Å²) in [6.07, 6.45) is 0. The summed E-state index contributed by atoms with van der Waals surface area (Å²) in [6.45, 7) is 0. The lowest BCUT2D eigenvalue weighted by molar-refractivity contribution is 0.0962. The van der Waals surface area contributed by atoms with E-state index in [0.29, 0.717) is 11.3 Å². The zero-order chi connectivity index (χ0) is 15.4. The molecule has 21 heavy (non-hydrogen) atoms. The molecule has 0 fully saturated rings. The third-order valence-corrected chi connectivity index (χ3v) is 3.17. The van der Waals surface area contributed by atoms with Crippen LogP contribution in [0.5, 0.6) is 0 Å². The topological polar surface area (TPSA) is 71.1 Å². The van der Waals surface area contributed by atoms with Crippen LogP contribution in [0.4, 0.5) is 5.69 Å². The number of carbonyl (C=O) groups excluding carboxylic acids is 2. The first-order chi connectivity index (χ1) is 10.0. The number of hydrogen-bond acceptors (Lipinski definition) is 3. The molecule has 0 aliphatic carbocycles. The molecule has 0 spiro atoms.